The smallest absolute Gasteiger partial charge is 0.228 e. The summed E-state index contributed by atoms with van der Waals surface area (Å²) in [7, 11) is 0. The summed E-state index contributed by atoms with van der Waals surface area (Å²) in [6.45, 7) is 6.09. The minimum Gasteiger partial charge on any atom is -0.326 e. The van der Waals surface area contributed by atoms with E-state index in [1.807, 2.05) is 57.2 Å². The number of anilines is 1. The first kappa shape index (κ1) is 13.3. The van der Waals surface area contributed by atoms with Crippen molar-refractivity contribution in [3.63, 3.8) is 0 Å². The Hall–Kier alpha value is -2.09. The molecule has 98 valence electrons. The largest absolute Gasteiger partial charge is 0.326 e. The summed E-state index contributed by atoms with van der Waals surface area (Å²) < 4.78 is 0. The van der Waals surface area contributed by atoms with Gasteiger partial charge in [0, 0.05) is 5.69 Å². The van der Waals surface area contributed by atoms with Gasteiger partial charge in [-0.3, -0.25) is 4.79 Å². The predicted molar refractivity (Wildman–Crippen MR) is 79.4 cm³/mol. The lowest BCUT2D eigenvalue weighted by atomic mass is 10.1. The highest BCUT2D eigenvalue weighted by Gasteiger charge is 2.05. The van der Waals surface area contributed by atoms with Crippen LogP contribution in [-0.2, 0) is 11.2 Å². The second-order valence-electron chi connectivity index (χ2n) is 5.09. The molecule has 0 aliphatic carbocycles. The highest BCUT2D eigenvalue weighted by molar-refractivity contribution is 5.92. The van der Waals surface area contributed by atoms with E-state index < -0.39 is 0 Å². The molecule has 2 nitrogen and oxygen atoms in total. The topological polar surface area (TPSA) is 29.1 Å². The molecule has 2 aromatic carbocycles. The molecule has 0 radical (unpaired) electrons. The Kier molecular flexibility index (Phi) is 4.00. The van der Waals surface area contributed by atoms with E-state index >= 15 is 0 Å². The van der Waals surface area contributed by atoms with Crippen LogP contribution in [0.1, 0.15) is 22.3 Å². The molecule has 0 aliphatic rings. The van der Waals surface area contributed by atoms with E-state index in [9.17, 15) is 4.79 Å². The van der Waals surface area contributed by atoms with Crippen LogP contribution in [0.2, 0.25) is 0 Å². The van der Waals surface area contributed by atoms with Gasteiger partial charge in [0.2, 0.25) is 5.91 Å². The molecule has 0 aliphatic heterocycles. The number of benzene rings is 2. The molecule has 19 heavy (non-hydrogen) atoms. The summed E-state index contributed by atoms with van der Waals surface area (Å²) in [6, 6.07) is 14.1. The number of hydrogen-bond acceptors (Lipinski definition) is 1. The second kappa shape index (κ2) is 5.70. The number of amides is 1. The Balaban J connectivity index is 2.05. The number of nitrogens with one attached hydrogen (secondary N) is 1. The van der Waals surface area contributed by atoms with Crippen LogP contribution in [0.5, 0.6) is 0 Å². The molecular formula is C17H19NO. The molecule has 0 aromatic heterocycles. The van der Waals surface area contributed by atoms with E-state index in [-0.39, 0.29) is 5.91 Å². The lowest BCUT2D eigenvalue weighted by Crippen LogP contribution is -2.14. The van der Waals surface area contributed by atoms with Crippen LogP contribution in [0.15, 0.2) is 42.5 Å². The maximum Gasteiger partial charge on any atom is 0.228 e. The van der Waals surface area contributed by atoms with Crippen molar-refractivity contribution >= 4 is 11.6 Å². The zero-order valence-corrected chi connectivity index (χ0v) is 11.7. The van der Waals surface area contributed by atoms with Crippen LogP contribution >= 0.6 is 0 Å². The monoisotopic (exact) mass is 253 g/mol. The van der Waals surface area contributed by atoms with Gasteiger partial charge in [-0.1, -0.05) is 35.9 Å². The molecular weight excluding hydrogens is 234 g/mol. The Morgan fingerprint density at radius 2 is 1.63 bits per heavy atom. The Labute approximate surface area is 114 Å². The molecule has 2 heteroatoms. The van der Waals surface area contributed by atoms with Crippen LogP contribution in [0, 0.1) is 20.8 Å². The number of rotatable bonds is 3. The van der Waals surface area contributed by atoms with E-state index in [1.165, 1.54) is 5.56 Å². The van der Waals surface area contributed by atoms with Crippen LogP contribution in [-0.4, -0.2) is 5.91 Å². The van der Waals surface area contributed by atoms with Gasteiger partial charge in [-0.05, 0) is 49.6 Å². The van der Waals surface area contributed by atoms with Crippen molar-refractivity contribution < 1.29 is 4.79 Å². The molecule has 0 heterocycles. The van der Waals surface area contributed by atoms with Crippen LogP contribution < -0.4 is 5.32 Å². The highest BCUT2D eigenvalue weighted by Crippen LogP contribution is 2.14. The van der Waals surface area contributed by atoms with Crippen LogP contribution in [0.3, 0.4) is 0 Å². The molecule has 2 aromatic rings. The average molecular weight is 253 g/mol. The third-order valence-corrected chi connectivity index (χ3v) is 2.95. The van der Waals surface area contributed by atoms with Gasteiger partial charge in [0.05, 0.1) is 6.42 Å². The molecule has 0 bridgehead atoms. The quantitative estimate of drug-likeness (QED) is 0.885. The zero-order valence-electron chi connectivity index (χ0n) is 11.7. The van der Waals surface area contributed by atoms with Crippen LogP contribution in [0.25, 0.3) is 0 Å². The maximum atomic E-state index is 12.0. The SMILES string of the molecule is Cc1cccc(CC(=O)Nc2cc(C)cc(C)c2)c1. The highest BCUT2D eigenvalue weighted by atomic mass is 16.1. The van der Waals surface area contributed by atoms with Crippen molar-refractivity contribution in [2.24, 2.45) is 0 Å². The van der Waals surface area contributed by atoms with E-state index in [4.69, 9.17) is 0 Å². The van der Waals surface area contributed by atoms with Crippen molar-refractivity contribution in [3.05, 3.63) is 64.7 Å². The number of hydrogen-bond donors (Lipinski definition) is 1. The van der Waals surface area contributed by atoms with Gasteiger partial charge in [0.15, 0.2) is 0 Å². The third-order valence-electron chi connectivity index (χ3n) is 2.95. The summed E-state index contributed by atoms with van der Waals surface area (Å²) in [5.74, 6) is 0.0237. The Bertz CT molecular complexity index is 582. The van der Waals surface area contributed by atoms with Gasteiger partial charge in [0.25, 0.3) is 0 Å². The molecule has 0 spiro atoms. The van der Waals surface area contributed by atoms with Gasteiger partial charge in [-0.2, -0.15) is 0 Å². The van der Waals surface area contributed by atoms with Gasteiger partial charge in [-0.15, -0.1) is 0 Å². The van der Waals surface area contributed by atoms with Crippen molar-refractivity contribution in [1.29, 1.82) is 0 Å². The normalized spacial score (nSPS) is 10.3. The molecule has 0 saturated heterocycles. The van der Waals surface area contributed by atoms with Crippen LogP contribution in [0.4, 0.5) is 5.69 Å². The number of carbonyl (C=O) groups is 1. The number of aryl methyl sites for hydroxylation is 3. The van der Waals surface area contributed by atoms with E-state index in [0.717, 1.165) is 22.4 Å². The second-order valence-corrected chi connectivity index (χ2v) is 5.09. The fourth-order valence-electron chi connectivity index (χ4n) is 2.26. The number of carbonyl (C=O) groups excluding carboxylic acids is 1. The Morgan fingerprint density at radius 3 is 2.26 bits per heavy atom. The van der Waals surface area contributed by atoms with E-state index in [0.29, 0.717) is 6.42 Å². The lowest BCUT2D eigenvalue weighted by Gasteiger charge is -2.08. The first-order valence-electron chi connectivity index (χ1n) is 6.46. The summed E-state index contributed by atoms with van der Waals surface area (Å²) in [4.78, 5) is 12.0. The van der Waals surface area contributed by atoms with Crippen molar-refractivity contribution in [1.82, 2.24) is 0 Å². The van der Waals surface area contributed by atoms with Crippen molar-refractivity contribution in [2.45, 2.75) is 27.2 Å². The first-order valence-corrected chi connectivity index (χ1v) is 6.46. The fourth-order valence-corrected chi connectivity index (χ4v) is 2.26. The van der Waals surface area contributed by atoms with E-state index in [2.05, 4.69) is 11.4 Å². The first-order chi connectivity index (χ1) is 9.02. The molecule has 1 N–H and O–H groups in total. The maximum absolute atomic E-state index is 12.0. The minimum atomic E-state index is 0.0237. The Morgan fingerprint density at radius 1 is 0.947 bits per heavy atom. The molecule has 0 unspecified atom stereocenters. The molecule has 1 amide bonds. The van der Waals surface area contributed by atoms with Gasteiger partial charge in [-0.25, -0.2) is 0 Å². The lowest BCUT2D eigenvalue weighted by molar-refractivity contribution is -0.115. The zero-order chi connectivity index (χ0) is 13.8. The van der Waals surface area contributed by atoms with Gasteiger partial charge < -0.3 is 5.32 Å². The molecule has 2 rings (SSSR count). The minimum absolute atomic E-state index is 0.0237. The van der Waals surface area contributed by atoms with Gasteiger partial charge in [0.1, 0.15) is 0 Å². The average Bonchev–Trinajstić information content (AvgIpc) is 2.26. The predicted octanol–water partition coefficient (Wildman–Crippen LogP) is 3.79. The summed E-state index contributed by atoms with van der Waals surface area (Å²) >= 11 is 0. The summed E-state index contributed by atoms with van der Waals surface area (Å²) in [6.07, 6.45) is 0.411. The molecule has 0 fully saturated rings. The third kappa shape index (κ3) is 3.95. The summed E-state index contributed by atoms with van der Waals surface area (Å²) in [5, 5.41) is 2.95. The standard InChI is InChI=1S/C17H19NO/c1-12-5-4-6-15(8-12)11-17(19)18-16-9-13(2)7-14(3)10-16/h4-10H,11H2,1-3H3,(H,18,19). The summed E-state index contributed by atoms with van der Waals surface area (Å²) in [5.41, 5.74) is 5.41. The van der Waals surface area contributed by atoms with Gasteiger partial charge >= 0.3 is 0 Å². The van der Waals surface area contributed by atoms with Crippen molar-refractivity contribution in [2.75, 3.05) is 5.32 Å². The van der Waals surface area contributed by atoms with E-state index in [1.54, 1.807) is 0 Å². The van der Waals surface area contributed by atoms with Crippen molar-refractivity contribution in [3.8, 4) is 0 Å². The fraction of sp³-hybridized carbons (Fsp3) is 0.235. The molecule has 0 atom stereocenters. The molecule has 0 saturated carbocycles.